The lowest BCUT2D eigenvalue weighted by atomic mass is 10.0. The normalized spacial score (nSPS) is 15.3. The minimum Gasteiger partial charge on any atom is -0.497 e. The molecule has 37 heavy (non-hydrogen) atoms. The van der Waals surface area contributed by atoms with Gasteiger partial charge in [0.25, 0.3) is 0 Å². The van der Waals surface area contributed by atoms with Gasteiger partial charge < -0.3 is 21.1 Å². The quantitative estimate of drug-likeness (QED) is 0.503. The molecule has 1 aliphatic rings. The summed E-state index contributed by atoms with van der Waals surface area (Å²) in [5.74, 6) is -0.408. The summed E-state index contributed by atoms with van der Waals surface area (Å²) in [5, 5.41) is 9.17. The molecule has 2 aromatic carbocycles. The van der Waals surface area contributed by atoms with Crippen LogP contribution in [0.4, 0.5) is 9.18 Å². The molecule has 1 saturated heterocycles. The smallest absolute Gasteiger partial charge is 0.328 e. The molecule has 0 spiro atoms. The second-order valence-corrected chi connectivity index (χ2v) is 9.21. The molecule has 0 radical (unpaired) electrons. The molecule has 1 fully saturated rings. The number of nitrogens with two attached hydrogens (primary N) is 2. The van der Waals surface area contributed by atoms with E-state index < -0.39 is 11.7 Å². The Morgan fingerprint density at radius 3 is 2.51 bits per heavy atom. The fourth-order valence-electron chi connectivity index (χ4n) is 4.77. The Morgan fingerprint density at radius 1 is 1.16 bits per heavy atom. The number of carbonyl (C=O) groups excluding carboxylic acids is 2. The third kappa shape index (κ3) is 5.65. The zero-order chi connectivity index (χ0) is 26.5. The molecule has 9 heteroatoms. The van der Waals surface area contributed by atoms with Crippen LogP contribution in [0.5, 0.6) is 5.75 Å². The van der Waals surface area contributed by atoms with E-state index in [1.807, 2.05) is 36.4 Å². The van der Waals surface area contributed by atoms with Crippen LogP contribution in [-0.4, -0.2) is 47.6 Å². The molecule has 2 heterocycles. The van der Waals surface area contributed by atoms with Crippen LogP contribution in [0.1, 0.15) is 36.9 Å². The second kappa shape index (κ2) is 11.3. The molecule has 8 nitrogen and oxygen atoms in total. The molecule has 0 bridgehead atoms. The van der Waals surface area contributed by atoms with E-state index in [0.29, 0.717) is 54.2 Å². The number of piperidine rings is 1. The topological polar surface area (TPSA) is 127 Å². The number of ether oxygens (including phenoxy) is 1. The minimum absolute atomic E-state index is 0.0628. The molecule has 192 valence electrons. The monoisotopic (exact) mass is 503 g/mol. The maximum atomic E-state index is 14.6. The van der Waals surface area contributed by atoms with Crippen molar-refractivity contribution in [3.05, 3.63) is 65.6 Å². The number of hydrogen-bond donors (Lipinski definition) is 2. The van der Waals surface area contributed by atoms with Gasteiger partial charge in [0.1, 0.15) is 17.6 Å². The average molecular weight is 504 g/mol. The highest BCUT2D eigenvalue weighted by Gasteiger charge is 2.28. The van der Waals surface area contributed by atoms with Crippen LogP contribution in [0.15, 0.2) is 48.5 Å². The first kappa shape index (κ1) is 25.9. The number of methoxy groups -OCH3 is 1. The molecular weight excluding hydrogens is 473 g/mol. The van der Waals surface area contributed by atoms with Gasteiger partial charge in [-0.15, -0.1) is 0 Å². The van der Waals surface area contributed by atoms with E-state index in [9.17, 15) is 19.2 Å². The fraction of sp³-hybridized carbons (Fsp3) is 0.321. The predicted octanol–water partition coefficient (Wildman–Crippen LogP) is 4.04. The summed E-state index contributed by atoms with van der Waals surface area (Å²) >= 11 is 0. The first-order valence-electron chi connectivity index (χ1n) is 12.2. The van der Waals surface area contributed by atoms with Gasteiger partial charge in [-0.1, -0.05) is 6.07 Å². The van der Waals surface area contributed by atoms with Gasteiger partial charge in [0.15, 0.2) is 0 Å². The molecule has 3 aromatic rings. The van der Waals surface area contributed by atoms with Crippen molar-refractivity contribution in [2.45, 2.75) is 38.1 Å². The second-order valence-electron chi connectivity index (χ2n) is 9.21. The summed E-state index contributed by atoms with van der Waals surface area (Å²) in [6.45, 7) is 1.01. The van der Waals surface area contributed by atoms with Crippen LogP contribution in [0.3, 0.4) is 0 Å². The van der Waals surface area contributed by atoms with Crippen LogP contribution in [0, 0.1) is 17.1 Å². The number of amides is 2. The summed E-state index contributed by atoms with van der Waals surface area (Å²) in [4.78, 5) is 27.2. The number of hydrogen-bond acceptors (Lipinski definition) is 5. The average Bonchev–Trinajstić information content (AvgIpc) is 3.27. The number of aromatic nitrogens is 1. The van der Waals surface area contributed by atoms with Crippen molar-refractivity contribution >= 4 is 11.9 Å². The molecule has 4 rings (SSSR count). The van der Waals surface area contributed by atoms with Crippen molar-refractivity contribution in [2.24, 2.45) is 11.5 Å². The Hall–Kier alpha value is -4.16. The van der Waals surface area contributed by atoms with Gasteiger partial charge >= 0.3 is 6.03 Å². The lowest BCUT2D eigenvalue weighted by molar-refractivity contribution is -0.118. The lowest BCUT2D eigenvalue weighted by Gasteiger charge is -2.32. The SMILES string of the molecule is COc1ccc(-c2cc(-c3ccc(C#N)c(F)c3)c(CCCC(N)=O)n2C(=O)N2CCC[C@@H](N)C2)cc1. The van der Waals surface area contributed by atoms with Crippen LogP contribution >= 0.6 is 0 Å². The maximum absolute atomic E-state index is 14.6. The van der Waals surface area contributed by atoms with Crippen LogP contribution < -0.4 is 16.2 Å². The highest BCUT2D eigenvalue weighted by atomic mass is 19.1. The summed E-state index contributed by atoms with van der Waals surface area (Å²) < 4.78 is 21.6. The summed E-state index contributed by atoms with van der Waals surface area (Å²) in [6.07, 6.45) is 2.58. The lowest BCUT2D eigenvalue weighted by Crippen LogP contribution is -2.47. The van der Waals surface area contributed by atoms with Crippen LogP contribution in [-0.2, 0) is 11.2 Å². The van der Waals surface area contributed by atoms with E-state index >= 15 is 0 Å². The van der Waals surface area contributed by atoms with E-state index in [1.54, 1.807) is 22.6 Å². The number of halogens is 1. The summed E-state index contributed by atoms with van der Waals surface area (Å²) in [5.41, 5.74) is 14.7. The molecule has 1 atom stereocenters. The molecule has 1 aromatic heterocycles. The Morgan fingerprint density at radius 2 is 1.89 bits per heavy atom. The summed E-state index contributed by atoms with van der Waals surface area (Å²) in [7, 11) is 1.58. The highest BCUT2D eigenvalue weighted by molar-refractivity contribution is 5.89. The van der Waals surface area contributed by atoms with Crippen LogP contribution in [0.25, 0.3) is 22.4 Å². The summed E-state index contributed by atoms with van der Waals surface area (Å²) in [6, 6.07) is 15.1. The van der Waals surface area contributed by atoms with Crippen molar-refractivity contribution in [1.29, 1.82) is 5.26 Å². The molecule has 0 unspecified atom stereocenters. The van der Waals surface area contributed by atoms with Crippen molar-refractivity contribution in [3.63, 3.8) is 0 Å². The first-order valence-corrected chi connectivity index (χ1v) is 12.2. The van der Waals surface area contributed by atoms with Crippen molar-refractivity contribution in [1.82, 2.24) is 9.47 Å². The number of nitrogens with zero attached hydrogens (tertiary/aromatic N) is 3. The van der Waals surface area contributed by atoms with Gasteiger partial charge in [0.2, 0.25) is 5.91 Å². The van der Waals surface area contributed by atoms with Gasteiger partial charge in [-0.3, -0.25) is 9.36 Å². The third-order valence-corrected chi connectivity index (χ3v) is 6.65. The molecule has 4 N–H and O–H groups in total. The number of nitriles is 1. The fourth-order valence-corrected chi connectivity index (χ4v) is 4.77. The Kier molecular flexibility index (Phi) is 7.89. The number of primary amides is 1. The maximum Gasteiger partial charge on any atom is 0.328 e. The standard InChI is InChI=1S/C28H30FN5O3/c1-37-22-11-9-18(10-12-22)26-15-23(19-7-8-20(16-30)24(29)14-19)25(5-2-6-27(32)35)34(26)28(36)33-13-3-4-21(31)17-33/h7-12,14-15,21H,2-6,13,17,31H2,1H3,(H2,32,35)/t21-/m1/s1. The Bertz CT molecular complexity index is 1340. The van der Waals surface area contributed by atoms with E-state index in [0.717, 1.165) is 18.4 Å². The molecule has 1 aliphatic heterocycles. The third-order valence-electron chi connectivity index (χ3n) is 6.65. The van der Waals surface area contributed by atoms with Gasteiger partial charge in [-0.05, 0) is 79.3 Å². The van der Waals surface area contributed by atoms with Crippen LogP contribution in [0.2, 0.25) is 0 Å². The Balaban J connectivity index is 1.91. The van der Waals surface area contributed by atoms with Crippen molar-refractivity contribution in [2.75, 3.05) is 20.2 Å². The zero-order valence-corrected chi connectivity index (χ0v) is 20.7. The number of likely N-dealkylation sites (tertiary alicyclic amines) is 1. The number of benzene rings is 2. The first-order chi connectivity index (χ1) is 17.8. The number of rotatable bonds is 7. The zero-order valence-electron chi connectivity index (χ0n) is 20.7. The van der Waals surface area contributed by atoms with Crippen molar-refractivity contribution in [3.8, 4) is 34.2 Å². The van der Waals surface area contributed by atoms with Gasteiger partial charge in [-0.2, -0.15) is 5.26 Å². The van der Waals surface area contributed by atoms with Gasteiger partial charge in [-0.25, -0.2) is 9.18 Å². The highest BCUT2D eigenvalue weighted by Crippen LogP contribution is 2.36. The van der Waals surface area contributed by atoms with Gasteiger partial charge in [0, 0.05) is 36.8 Å². The van der Waals surface area contributed by atoms with Crippen molar-refractivity contribution < 1.29 is 18.7 Å². The molecular formula is C28H30FN5O3. The Labute approximate surface area is 215 Å². The predicted molar refractivity (Wildman–Crippen MR) is 138 cm³/mol. The van der Waals surface area contributed by atoms with E-state index in [4.69, 9.17) is 16.2 Å². The molecule has 0 saturated carbocycles. The minimum atomic E-state index is -0.643. The number of carbonyl (C=O) groups is 2. The molecule has 2 amide bonds. The molecule has 0 aliphatic carbocycles. The van der Waals surface area contributed by atoms with Gasteiger partial charge in [0.05, 0.1) is 18.4 Å². The van der Waals surface area contributed by atoms with E-state index in [1.165, 1.54) is 12.1 Å². The largest absolute Gasteiger partial charge is 0.497 e. The van der Waals surface area contributed by atoms with E-state index in [-0.39, 0.29) is 24.1 Å². The van der Waals surface area contributed by atoms with E-state index in [2.05, 4.69) is 0 Å².